The van der Waals surface area contributed by atoms with Crippen LogP contribution in [0.15, 0.2) is 42.5 Å². The molecule has 86 valence electrons. The molecular formula is C13H10CrO3. The fraction of sp³-hybridized carbons (Fsp3) is 0. The molecule has 0 aliphatic heterocycles. The van der Waals surface area contributed by atoms with Gasteiger partial charge in [-0.3, -0.25) is 20.4 Å². The minimum Gasteiger partial charge on any atom is -0.545 e. The average Bonchev–Trinajstić information content (AvgIpc) is 2.45. The third kappa shape index (κ3) is 8.09. The molecule has 3 nitrogen and oxygen atoms in total. The van der Waals surface area contributed by atoms with Gasteiger partial charge in [0.1, 0.15) is 0 Å². The number of benzene rings is 2. The predicted molar refractivity (Wildman–Crippen MR) is 63.0 cm³/mol. The monoisotopic (exact) mass is 266 g/mol. The van der Waals surface area contributed by atoms with E-state index in [-0.39, 0.29) is 17.4 Å². The summed E-state index contributed by atoms with van der Waals surface area (Å²) in [5, 5.41) is 2.44. The molecule has 0 aliphatic carbocycles. The molecule has 0 heterocycles. The van der Waals surface area contributed by atoms with Gasteiger partial charge in [-0.1, -0.05) is 12.1 Å². The molecule has 0 N–H and O–H groups in total. The fourth-order valence-corrected chi connectivity index (χ4v) is 1.06. The van der Waals surface area contributed by atoms with E-state index in [1.165, 1.54) is 10.8 Å². The number of hydrogen-bond donors (Lipinski definition) is 0. The van der Waals surface area contributed by atoms with E-state index in [9.17, 15) is 0 Å². The van der Waals surface area contributed by atoms with Gasteiger partial charge in [-0.15, -0.1) is 47.2 Å². The predicted octanol–water partition coefficient (Wildman–Crippen LogP) is 1.82. The van der Waals surface area contributed by atoms with E-state index in [2.05, 4.69) is 44.6 Å². The minimum atomic E-state index is 0. The molecule has 2 rings (SSSR count). The van der Waals surface area contributed by atoms with Crippen LogP contribution in [0.2, 0.25) is 0 Å². The van der Waals surface area contributed by atoms with Crippen LogP contribution in [-0.4, -0.2) is 20.4 Å². The first kappa shape index (κ1) is 20.6. The molecule has 0 unspecified atom stereocenters. The second-order valence-electron chi connectivity index (χ2n) is 2.26. The van der Waals surface area contributed by atoms with Crippen molar-refractivity contribution in [3.8, 4) is 0 Å². The van der Waals surface area contributed by atoms with Gasteiger partial charge in [-0.25, -0.2) is 0 Å². The Morgan fingerprint density at radius 3 is 1.76 bits per heavy atom. The Labute approximate surface area is 112 Å². The Hall–Kier alpha value is -1.76. The summed E-state index contributed by atoms with van der Waals surface area (Å²) < 4.78 is 0. The fourth-order valence-electron chi connectivity index (χ4n) is 1.06. The quantitative estimate of drug-likeness (QED) is 0.540. The number of rotatable bonds is 0. The summed E-state index contributed by atoms with van der Waals surface area (Å²) in [4.78, 5) is 23.2. The van der Waals surface area contributed by atoms with Crippen LogP contribution < -0.4 is 0 Å². The van der Waals surface area contributed by atoms with Crippen molar-refractivity contribution in [1.82, 2.24) is 0 Å². The average molecular weight is 266 g/mol. The van der Waals surface area contributed by atoms with Crippen LogP contribution in [0.5, 0.6) is 0 Å². The molecule has 0 aliphatic rings. The molecule has 2 aromatic carbocycles. The number of hydrogen-bond acceptors (Lipinski definition) is 3. The first-order chi connectivity index (χ1) is 7.97. The molecule has 0 bridgehead atoms. The van der Waals surface area contributed by atoms with Crippen LogP contribution in [0.3, 0.4) is 0 Å². The van der Waals surface area contributed by atoms with Gasteiger partial charge in [0.15, 0.2) is 0 Å². The number of fused-ring (bicyclic) bond motifs is 1. The van der Waals surface area contributed by atoms with Crippen molar-refractivity contribution in [3.63, 3.8) is 0 Å². The molecule has 4 heteroatoms. The van der Waals surface area contributed by atoms with E-state index in [1.807, 2.05) is 24.3 Å². The van der Waals surface area contributed by atoms with Gasteiger partial charge in [-0.2, -0.15) is 0 Å². The van der Waals surface area contributed by atoms with Gasteiger partial charge in [-0.05, 0) is 0 Å². The second-order valence-corrected chi connectivity index (χ2v) is 2.26. The zero-order valence-corrected chi connectivity index (χ0v) is 10.2. The molecule has 0 fully saturated rings. The Bertz CT molecular complexity index is 323. The molecule has 2 aromatic rings. The summed E-state index contributed by atoms with van der Waals surface area (Å²) in [6.45, 7) is 9.75. The Kier molecular flexibility index (Phi) is 20.2. The molecule has 0 spiro atoms. The van der Waals surface area contributed by atoms with Crippen LogP contribution in [0.4, 0.5) is 0 Å². The van der Waals surface area contributed by atoms with Crippen molar-refractivity contribution >= 4 is 31.1 Å². The zero-order chi connectivity index (χ0) is 12.8. The third-order valence-corrected chi connectivity index (χ3v) is 1.57. The topological polar surface area (TPSA) is 51.2 Å². The molecule has 0 amide bonds. The van der Waals surface area contributed by atoms with Crippen molar-refractivity contribution in [3.05, 3.63) is 48.5 Å². The Morgan fingerprint density at radius 1 is 0.765 bits per heavy atom. The molecule has 0 saturated heterocycles. The maximum absolute atomic E-state index is 7.75. The first-order valence-electron chi connectivity index (χ1n) is 4.03. The largest absolute Gasteiger partial charge is 4.00 e. The normalized spacial score (nSPS) is 6.59. The molecular weight excluding hydrogens is 256 g/mol. The Morgan fingerprint density at radius 2 is 1.24 bits per heavy atom. The van der Waals surface area contributed by atoms with Gasteiger partial charge in [0.05, 0.1) is 0 Å². The maximum Gasteiger partial charge on any atom is 4.00 e. The summed E-state index contributed by atoms with van der Waals surface area (Å²) in [6.07, 6.45) is 0. The van der Waals surface area contributed by atoms with Crippen LogP contribution in [-0.2, 0) is 31.7 Å². The summed E-state index contributed by atoms with van der Waals surface area (Å²) in [5.74, 6) is 0. The summed E-state index contributed by atoms with van der Waals surface area (Å²) in [7, 11) is 0. The van der Waals surface area contributed by atoms with Crippen molar-refractivity contribution in [2.45, 2.75) is 0 Å². The molecule has 0 aromatic heterocycles. The smallest absolute Gasteiger partial charge is 0.545 e. The van der Waals surface area contributed by atoms with E-state index < -0.39 is 0 Å². The van der Waals surface area contributed by atoms with Crippen molar-refractivity contribution in [2.24, 2.45) is 0 Å². The van der Waals surface area contributed by atoms with Crippen LogP contribution in [0, 0.1) is 6.07 Å². The second kappa shape index (κ2) is 16.7. The summed E-state index contributed by atoms with van der Waals surface area (Å²) in [5.41, 5.74) is 0. The van der Waals surface area contributed by atoms with E-state index in [4.69, 9.17) is 14.4 Å². The van der Waals surface area contributed by atoms with E-state index in [1.54, 1.807) is 0 Å². The van der Waals surface area contributed by atoms with Crippen LogP contribution >= 0.6 is 0 Å². The SMILES string of the molecule is [CH-]=O.[CH-]=O.[CH-]=O.[Cr+4].[c-]1cccc2ccccc12. The molecule has 0 saturated carbocycles. The standard InChI is InChI=1S/C10H7.3CHO.Cr/c1-2-6-10-8-4-3-7-9(10)5-1;3*1-2;/h1-7H;3*1H;/q4*-1;+4. The zero-order valence-electron chi connectivity index (χ0n) is 8.91. The molecule has 0 radical (unpaired) electrons. The summed E-state index contributed by atoms with van der Waals surface area (Å²) in [6, 6.07) is 17.4. The summed E-state index contributed by atoms with van der Waals surface area (Å²) >= 11 is 0. The van der Waals surface area contributed by atoms with E-state index in [0.717, 1.165) is 0 Å². The first-order valence-corrected chi connectivity index (χ1v) is 4.03. The van der Waals surface area contributed by atoms with Crippen molar-refractivity contribution < 1.29 is 31.7 Å². The van der Waals surface area contributed by atoms with Gasteiger partial charge in [0.25, 0.3) is 0 Å². The minimum absolute atomic E-state index is 0. The van der Waals surface area contributed by atoms with Crippen molar-refractivity contribution in [1.29, 1.82) is 0 Å². The van der Waals surface area contributed by atoms with E-state index >= 15 is 0 Å². The Balaban J connectivity index is -0.000000248. The van der Waals surface area contributed by atoms with Crippen LogP contribution in [0.1, 0.15) is 0 Å². The number of carbonyl (C=O) groups excluding carboxylic acids is 3. The molecule has 0 atom stereocenters. The van der Waals surface area contributed by atoms with Gasteiger partial charge >= 0.3 is 17.4 Å². The van der Waals surface area contributed by atoms with Gasteiger partial charge < -0.3 is 14.4 Å². The van der Waals surface area contributed by atoms with Gasteiger partial charge in [0.2, 0.25) is 0 Å². The van der Waals surface area contributed by atoms with Crippen LogP contribution in [0.25, 0.3) is 10.8 Å². The maximum atomic E-state index is 7.75. The van der Waals surface area contributed by atoms with Gasteiger partial charge in [0, 0.05) is 0 Å². The van der Waals surface area contributed by atoms with E-state index in [0.29, 0.717) is 0 Å². The van der Waals surface area contributed by atoms with Crippen molar-refractivity contribution in [2.75, 3.05) is 0 Å². The third-order valence-electron chi connectivity index (χ3n) is 1.57. The molecule has 17 heavy (non-hydrogen) atoms.